The Morgan fingerprint density at radius 3 is 2.28 bits per heavy atom. The first-order valence-electron chi connectivity index (χ1n) is 10.3. The Bertz CT molecular complexity index is 968. The Labute approximate surface area is 177 Å². The largest absolute Gasteiger partial charge is 0.507 e. The van der Waals surface area contributed by atoms with Crippen LogP contribution in [0.25, 0.3) is 0 Å². The lowest BCUT2D eigenvalue weighted by molar-refractivity contribution is 0.451. The molecule has 1 N–H and O–H groups in total. The van der Waals surface area contributed by atoms with Crippen LogP contribution in [0.4, 0.5) is 5.69 Å². The third kappa shape index (κ3) is 4.65. The first-order valence-corrected chi connectivity index (χ1v) is 11.3. The first-order chi connectivity index (χ1) is 13.9. The van der Waals surface area contributed by atoms with E-state index in [2.05, 4.69) is 94.4 Å². The van der Waals surface area contributed by atoms with Crippen LogP contribution in [0.15, 0.2) is 66.7 Å². The van der Waals surface area contributed by atoms with Gasteiger partial charge in [0.2, 0.25) is 0 Å². The maximum atomic E-state index is 11.2. The van der Waals surface area contributed by atoms with Gasteiger partial charge in [-0.05, 0) is 41.4 Å². The Morgan fingerprint density at radius 2 is 1.62 bits per heavy atom. The lowest BCUT2D eigenvalue weighted by Crippen LogP contribution is -2.24. The molecule has 3 rings (SSSR count). The van der Waals surface area contributed by atoms with Gasteiger partial charge in [-0.3, -0.25) is 0 Å². The van der Waals surface area contributed by atoms with E-state index in [1.54, 1.807) is 0 Å². The monoisotopic (exact) mass is 405 g/mol. The summed E-state index contributed by atoms with van der Waals surface area (Å²) in [6, 6.07) is 23.1. The van der Waals surface area contributed by atoms with Gasteiger partial charge in [-0.25, -0.2) is 0 Å². The van der Waals surface area contributed by atoms with Crippen LogP contribution in [0.1, 0.15) is 42.5 Å². The molecule has 0 aromatic heterocycles. The number of benzene rings is 3. The smallest absolute Gasteiger partial charge is 0.123 e. The number of aryl methyl sites for hydroxylation is 1. The van der Waals surface area contributed by atoms with Crippen LogP contribution in [-0.2, 0) is 11.6 Å². The van der Waals surface area contributed by atoms with Crippen LogP contribution in [0.5, 0.6) is 5.75 Å². The molecule has 0 saturated carbocycles. The van der Waals surface area contributed by atoms with Crippen LogP contribution in [0.2, 0.25) is 0 Å². The predicted octanol–water partition coefficient (Wildman–Crippen LogP) is 5.99. The van der Waals surface area contributed by atoms with Gasteiger partial charge in [0.1, 0.15) is 5.75 Å². The first kappa shape index (κ1) is 21.4. The van der Waals surface area contributed by atoms with Crippen molar-refractivity contribution in [2.24, 2.45) is 0 Å². The molecule has 152 valence electrons. The fraction of sp³-hybridized carbons (Fsp3) is 0.308. The number of hydrogen-bond donors (Lipinski definition) is 1. The molecule has 0 aliphatic heterocycles. The molecule has 29 heavy (non-hydrogen) atoms. The molecule has 0 aliphatic carbocycles. The third-order valence-electron chi connectivity index (χ3n) is 5.79. The fourth-order valence-corrected chi connectivity index (χ4v) is 5.59. The number of aromatic hydroxyl groups is 1. The van der Waals surface area contributed by atoms with Crippen molar-refractivity contribution >= 4 is 19.6 Å². The summed E-state index contributed by atoms with van der Waals surface area (Å²) >= 11 is 0. The van der Waals surface area contributed by atoms with Crippen molar-refractivity contribution in [3.8, 4) is 5.75 Å². The average Bonchev–Trinajstić information content (AvgIpc) is 2.71. The molecule has 0 saturated heterocycles. The predicted molar refractivity (Wildman–Crippen MR) is 128 cm³/mol. The van der Waals surface area contributed by atoms with Gasteiger partial charge in [-0.1, -0.05) is 83.1 Å². The molecule has 2 unspecified atom stereocenters. The number of anilines is 1. The lowest BCUT2D eigenvalue weighted by Gasteiger charge is -2.33. The summed E-state index contributed by atoms with van der Waals surface area (Å²) in [5.74, 6) is 0.452. The number of phenolic OH excluding ortho intramolecular Hbond substituents is 1. The van der Waals surface area contributed by atoms with E-state index in [0.29, 0.717) is 14.3 Å². The van der Waals surface area contributed by atoms with E-state index in [1.807, 2.05) is 12.1 Å². The molecule has 0 amide bonds. The highest BCUT2D eigenvalue weighted by molar-refractivity contribution is 7.49. The summed E-state index contributed by atoms with van der Waals surface area (Å²) in [6.07, 6.45) is 1.71. The fourth-order valence-electron chi connectivity index (χ4n) is 3.80. The molecule has 0 radical (unpaired) electrons. The minimum atomic E-state index is -0.117. The maximum Gasteiger partial charge on any atom is 0.123 e. The molecule has 0 bridgehead atoms. The van der Waals surface area contributed by atoms with E-state index in [1.165, 1.54) is 22.1 Å². The average molecular weight is 406 g/mol. The number of rotatable bonds is 7. The molecule has 2 atom stereocenters. The highest BCUT2D eigenvalue weighted by Gasteiger charge is 2.30. The van der Waals surface area contributed by atoms with E-state index >= 15 is 0 Å². The summed E-state index contributed by atoms with van der Waals surface area (Å²) in [4.78, 5) is 2.19. The summed E-state index contributed by atoms with van der Waals surface area (Å²) in [5, 5.41) is 12.5. The molecule has 2 nitrogen and oxygen atoms in total. The number of hydrogen-bond acceptors (Lipinski definition) is 2. The van der Waals surface area contributed by atoms with E-state index in [9.17, 15) is 5.11 Å². The molecular formula is C26H32NOP. The zero-order valence-electron chi connectivity index (χ0n) is 18.2. The summed E-state index contributed by atoms with van der Waals surface area (Å²) in [7, 11) is 4.78. The van der Waals surface area contributed by atoms with Crippen molar-refractivity contribution in [2.75, 3.05) is 19.0 Å². The molecule has 3 aromatic rings. The summed E-state index contributed by atoms with van der Waals surface area (Å²) in [5.41, 5.74) is 5.85. The molecule has 0 spiro atoms. The van der Waals surface area contributed by atoms with Crippen molar-refractivity contribution in [3.63, 3.8) is 0 Å². The molecule has 0 aliphatic rings. The van der Waals surface area contributed by atoms with Gasteiger partial charge in [0.05, 0.1) is 0 Å². The lowest BCUT2D eigenvalue weighted by atomic mass is 9.92. The van der Waals surface area contributed by atoms with Crippen LogP contribution >= 0.6 is 8.58 Å². The van der Waals surface area contributed by atoms with Crippen LogP contribution < -0.4 is 10.2 Å². The number of para-hydroxylation sites is 1. The van der Waals surface area contributed by atoms with Crippen molar-refractivity contribution in [3.05, 3.63) is 89.0 Å². The minimum Gasteiger partial charge on any atom is -0.507 e. The van der Waals surface area contributed by atoms with Gasteiger partial charge < -0.3 is 10.0 Å². The molecule has 0 heterocycles. The van der Waals surface area contributed by atoms with Gasteiger partial charge in [0.25, 0.3) is 0 Å². The second kappa shape index (κ2) is 9.01. The minimum absolute atomic E-state index is 0.117. The van der Waals surface area contributed by atoms with Gasteiger partial charge >= 0.3 is 0 Å². The van der Waals surface area contributed by atoms with Crippen molar-refractivity contribution in [1.82, 2.24) is 0 Å². The Balaban J connectivity index is 2.01. The van der Waals surface area contributed by atoms with Gasteiger partial charge in [-0.2, -0.15) is 0 Å². The van der Waals surface area contributed by atoms with E-state index in [-0.39, 0.29) is 5.16 Å². The zero-order chi connectivity index (χ0) is 21.0. The van der Waals surface area contributed by atoms with Crippen LogP contribution in [-0.4, -0.2) is 19.2 Å². The van der Waals surface area contributed by atoms with Crippen molar-refractivity contribution < 1.29 is 5.11 Å². The SMILES string of the molecule is CCC(C)(Pc1c(C)cccc1N(C)C)c1cccc(Cc2ccccc2)c1O. The molecule has 3 aromatic carbocycles. The normalized spacial score (nSPS) is 13.6. The standard InChI is InChI=1S/C26H32NOP/c1-6-26(3,29-25-19(2)12-10-17-23(25)27(4)5)22-16-11-15-21(24(22)28)18-20-13-8-7-9-14-20/h7-17,28-29H,6,18H2,1-5H3. The van der Waals surface area contributed by atoms with Gasteiger partial charge in [0.15, 0.2) is 0 Å². The second-order valence-electron chi connectivity index (χ2n) is 8.15. The van der Waals surface area contributed by atoms with Crippen LogP contribution in [0, 0.1) is 6.92 Å². The Kier molecular flexibility index (Phi) is 6.65. The zero-order valence-corrected chi connectivity index (χ0v) is 19.2. The Hall–Kier alpha value is -2.31. The third-order valence-corrected chi connectivity index (χ3v) is 7.87. The summed E-state index contributed by atoms with van der Waals surface area (Å²) < 4.78 is 0. The number of nitrogens with zero attached hydrogens (tertiary/aromatic N) is 1. The highest BCUT2D eigenvalue weighted by atomic mass is 31.1. The second-order valence-corrected chi connectivity index (χ2v) is 10.0. The van der Waals surface area contributed by atoms with Crippen LogP contribution in [0.3, 0.4) is 0 Å². The summed E-state index contributed by atoms with van der Waals surface area (Å²) in [6.45, 7) is 6.71. The van der Waals surface area contributed by atoms with E-state index in [4.69, 9.17) is 0 Å². The molecule has 0 fully saturated rings. The number of phenols is 1. The van der Waals surface area contributed by atoms with Crippen molar-refractivity contribution in [1.29, 1.82) is 0 Å². The topological polar surface area (TPSA) is 23.5 Å². The molecular weight excluding hydrogens is 373 g/mol. The molecule has 3 heteroatoms. The van der Waals surface area contributed by atoms with E-state index in [0.717, 1.165) is 24.0 Å². The Morgan fingerprint density at radius 1 is 0.931 bits per heavy atom. The van der Waals surface area contributed by atoms with Gasteiger partial charge in [-0.15, -0.1) is 0 Å². The maximum absolute atomic E-state index is 11.2. The van der Waals surface area contributed by atoms with Crippen molar-refractivity contribution in [2.45, 2.75) is 38.8 Å². The quantitative estimate of drug-likeness (QED) is 0.488. The van der Waals surface area contributed by atoms with Gasteiger partial charge in [0, 0.05) is 36.9 Å². The van der Waals surface area contributed by atoms with E-state index < -0.39 is 0 Å². The highest BCUT2D eigenvalue weighted by Crippen LogP contribution is 2.49.